The van der Waals surface area contributed by atoms with Crippen LogP contribution in [0.1, 0.15) is 12.8 Å². The number of nitrogens with one attached hydrogen (secondary N) is 1. The first kappa shape index (κ1) is 16.9. The van der Waals surface area contributed by atoms with Gasteiger partial charge in [0.15, 0.2) is 0 Å². The first-order valence-corrected chi connectivity index (χ1v) is 10.1. The number of hydrogen-bond donors (Lipinski definition) is 1. The third-order valence-electron chi connectivity index (χ3n) is 4.61. The Kier molecular flexibility index (Phi) is 4.57. The fourth-order valence-corrected chi connectivity index (χ4v) is 4.63. The zero-order valence-electron chi connectivity index (χ0n) is 14.2. The third-order valence-corrected chi connectivity index (χ3v) is 6.13. The number of aromatic nitrogens is 2. The highest BCUT2D eigenvalue weighted by molar-refractivity contribution is 7.89. The van der Waals surface area contributed by atoms with E-state index in [0.717, 1.165) is 30.2 Å². The third kappa shape index (κ3) is 3.54. The lowest BCUT2D eigenvalue weighted by atomic mass is 10.1. The van der Waals surface area contributed by atoms with Crippen molar-refractivity contribution in [3.05, 3.63) is 60.9 Å². The van der Waals surface area contributed by atoms with Gasteiger partial charge in [0.1, 0.15) is 0 Å². The Morgan fingerprint density at radius 3 is 2.58 bits per heavy atom. The molecule has 1 aliphatic rings. The van der Waals surface area contributed by atoms with Crippen molar-refractivity contribution in [3.63, 3.8) is 0 Å². The molecular formula is C19H20N4O2S. The molecule has 7 heteroatoms. The molecule has 0 bridgehead atoms. The smallest absolute Gasteiger partial charge is 0.240 e. The van der Waals surface area contributed by atoms with Gasteiger partial charge in [0, 0.05) is 31.5 Å². The Bertz CT molecular complexity index is 1010. The first-order valence-electron chi connectivity index (χ1n) is 8.65. The number of nitrogens with zero attached hydrogens (tertiary/aromatic N) is 3. The lowest BCUT2D eigenvalue weighted by Crippen LogP contribution is -2.48. The monoisotopic (exact) mass is 368 g/mol. The molecule has 1 atom stereocenters. The van der Waals surface area contributed by atoms with Gasteiger partial charge >= 0.3 is 0 Å². The van der Waals surface area contributed by atoms with Crippen LogP contribution in [0.5, 0.6) is 0 Å². The molecule has 6 nitrogen and oxygen atoms in total. The highest BCUT2D eigenvalue weighted by Gasteiger charge is 2.26. The van der Waals surface area contributed by atoms with Gasteiger partial charge in [0.2, 0.25) is 16.0 Å². The standard InChI is InChI=1S/C19H20N4O2S/c24-26(25,18-9-8-15-5-1-2-6-16(15)13-18)22-17-7-3-12-23(14-17)19-20-10-4-11-21-19/h1-2,4-6,8-11,13,17,22H,3,7,12,14H2/t17-/m1/s1. The molecule has 4 rings (SSSR count). The Morgan fingerprint density at radius 1 is 1.00 bits per heavy atom. The molecule has 26 heavy (non-hydrogen) atoms. The van der Waals surface area contributed by atoms with Crippen molar-refractivity contribution in [1.29, 1.82) is 0 Å². The van der Waals surface area contributed by atoms with E-state index in [9.17, 15) is 8.42 Å². The molecule has 0 spiro atoms. The second-order valence-corrected chi connectivity index (χ2v) is 8.18. The molecule has 1 aliphatic heterocycles. The SMILES string of the molecule is O=S(=O)(N[C@@H]1CCCN(c2ncccn2)C1)c1ccc2ccccc2c1. The molecule has 0 amide bonds. The number of benzene rings is 2. The zero-order chi connectivity index (χ0) is 18.0. The van der Waals surface area contributed by atoms with E-state index in [1.807, 2.05) is 35.2 Å². The lowest BCUT2D eigenvalue weighted by Gasteiger charge is -2.32. The predicted molar refractivity (Wildman–Crippen MR) is 102 cm³/mol. The van der Waals surface area contributed by atoms with E-state index in [1.165, 1.54) is 0 Å². The number of rotatable bonds is 4. The van der Waals surface area contributed by atoms with Crippen LogP contribution in [0.15, 0.2) is 65.8 Å². The molecule has 0 radical (unpaired) electrons. The Labute approximate surface area is 152 Å². The normalized spacial score (nSPS) is 18.2. The van der Waals surface area contributed by atoms with Crippen molar-refractivity contribution in [3.8, 4) is 0 Å². The molecule has 0 unspecified atom stereocenters. The number of hydrogen-bond acceptors (Lipinski definition) is 5. The van der Waals surface area contributed by atoms with Crippen LogP contribution in [-0.2, 0) is 10.0 Å². The van der Waals surface area contributed by atoms with E-state index in [1.54, 1.807) is 30.6 Å². The Morgan fingerprint density at radius 2 is 1.77 bits per heavy atom. The van der Waals surface area contributed by atoms with Crippen LogP contribution in [0.2, 0.25) is 0 Å². The van der Waals surface area contributed by atoms with Crippen molar-refractivity contribution in [2.24, 2.45) is 0 Å². The largest absolute Gasteiger partial charge is 0.339 e. The number of anilines is 1. The molecule has 2 aromatic carbocycles. The molecule has 0 saturated carbocycles. The maximum Gasteiger partial charge on any atom is 0.240 e. The van der Waals surface area contributed by atoms with Crippen molar-refractivity contribution in [1.82, 2.24) is 14.7 Å². The van der Waals surface area contributed by atoms with E-state index in [2.05, 4.69) is 14.7 Å². The zero-order valence-corrected chi connectivity index (χ0v) is 15.1. The number of fused-ring (bicyclic) bond motifs is 1. The predicted octanol–water partition coefficient (Wildman–Crippen LogP) is 2.58. The van der Waals surface area contributed by atoms with Gasteiger partial charge in [-0.2, -0.15) is 0 Å². The van der Waals surface area contributed by atoms with Crippen LogP contribution in [0, 0.1) is 0 Å². The van der Waals surface area contributed by atoms with Gasteiger partial charge < -0.3 is 4.90 Å². The summed E-state index contributed by atoms with van der Waals surface area (Å²) < 4.78 is 28.5. The average molecular weight is 368 g/mol. The van der Waals surface area contributed by atoms with E-state index in [-0.39, 0.29) is 6.04 Å². The summed E-state index contributed by atoms with van der Waals surface area (Å²) in [5.41, 5.74) is 0. The summed E-state index contributed by atoms with van der Waals surface area (Å²) >= 11 is 0. The van der Waals surface area contributed by atoms with Crippen LogP contribution in [-0.4, -0.2) is 37.5 Å². The van der Waals surface area contributed by atoms with Crippen LogP contribution in [0.3, 0.4) is 0 Å². The van der Waals surface area contributed by atoms with Crippen molar-refractivity contribution >= 4 is 26.7 Å². The molecular weight excluding hydrogens is 348 g/mol. The summed E-state index contributed by atoms with van der Waals surface area (Å²) in [5.74, 6) is 0.641. The summed E-state index contributed by atoms with van der Waals surface area (Å²) in [5, 5.41) is 1.94. The molecule has 134 valence electrons. The van der Waals surface area contributed by atoms with E-state index >= 15 is 0 Å². The van der Waals surface area contributed by atoms with Crippen LogP contribution in [0.25, 0.3) is 10.8 Å². The Hall–Kier alpha value is -2.51. The fourth-order valence-electron chi connectivity index (χ4n) is 3.33. The highest BCUT2D eigenvalue weighted by atomic mass is 32.2. The summed E-state index contributed by atoms with van der Waals surface area (Å²) in [4.78, 5) is 10.8. The number of sulfonamides is 1. The van der Waals surface area contributed by atoms with Gasteiger partial charge in [-0.3, -0.25) is 0 Å². The van der Waals surface area contributed by atoms with Gasteiger partial charge in [-0.05, 0) is 41.8 Å². The molecule has 1 aromatic heterocycles. The molecule has 2 heterocycles. The molecule has 1 saturated heterocycles. The van der Waals surface area contributed by atoms with E-state index < -0.39 is 10.0 Å². The van der Waals surface area contributed by atoms with Crippen molar-refractivity contribution in [2.45, 2.75) is 23.8 Å². The fraction of sp³-hybridized carbons (Fsp3) is 0.263. The van der Waals surface area contributed by atoms with Gasteiger partial charge in [-0.1, -0.05) is 30.3 Å². The number of piperidine rings is 1. The first-order chi connectivity index (χ1) is 12.6. The minimum atomic E-state index is -3.57. The summed E-state index contributed by atoms with van der Waals surface area (Å²) in [7, 11) is -3.57. The second kappa shape index (κ2) is 7.01. The average Bonchev–Trinajstić information content (AvgIpc) is 2.68. The van der Waals surface area contributed by atoms with Crippen molar-refractivity contribution in [2.75, 3.05) is 18.0 Å². The van der Waals surface area contributed by atoms with Crippen molar-refractivity contribution < 1.29 is 8.42 Å². The Balaban J connectivity index is 1.53. The molecule has 1 fully saturated rings. The topological polar surface area (TPSA) is 75.2 Å². The highest BCUT2D eigenvalue weighted by Crippen LogP contribution is 2.21. The minimum absolute atomic E-state index is 0.163. The summed E-state index contributed by atoms with van der Waals surface area (Å²) in [6.07, 6.45) is 5.09. The van der Waals surface area contributed by atoms with Gasteiger partial charge in [-0.25, -0.2) is 23.1 Å². The quantitative estimate of drug-likeness (QED) is 0.766. The van der Waals surface area contributed by atoms with Gasteiger partial charge in [0.05, 0.1) is 4.90 Å². The van der Waals surface area contributed by atoms with E-state index in [4.69, 9.17) is 0 Å². The molecule has 3 aromatic rings. The maximum atomic E-state index is 12.8. The minimum Gasteiger partial charge on any atom is -0.339 e. The van der Waals surface area contributed by atoms with Crippen LogP contribution < -0.4 is 9.62 Å². The van der Waals surface area contributed by atoms with Gasteiger partial charge in [-0.15, -0.1) is 0 Å². The molecule has 1 N–H and O–H groups in total. The second-order valence-electron chi connectivity index (χ2n) is 6.46. The molecule has 0 aliphatic carbocycles. The van der Waals surface area contributed by atoms with Crippen LogP contribution >= 0.6 is 0 Å². The summed E-state index contributed by atoms with van der Waals surface area (Å²) in [6, 6.07) is 14.6. The van der Waals surface area contributed by atoms with E-state index in [0.29, 0.717) is 17.4 Å². The van der Waals surface area contributed by atoms with Crippen LogP contribution in [0.4, 0.5) is 5.95 Å². The maximum absolute atomic E-state index is 12.8. The lowest BCUT2D eigenvalue weighted by molar-refractivity contribution is 0.461. The summed E-state index contributed by atoms with van der Waals surface area (Å²) in [6.45, 7) is 1.40. The van der Waals surface area contributed by atoms with Gasteiger partial charge in [0.25, 0.3) is 0 Å².